The van der Waals surface area contributed by atoms with Crippen LogP contribution in [0.2, 0.25) is 0 Å². The Labute approximate surface area is 153 Å². The molecule has 0 radical (unpaired) electrons. The molecule has 0 spiro atoms. The van der Waals surface area contributed by atoms with E-state index in [2.05, 4.69) is 4.98 Å². The predicted molar refractivity (Wildman–Crippen MR) is 99.7 cm³/mol. The van der Waals surface area contributed by atoms with Crippen LogP contribution in [-0.4, -0.2) is 27.0 Å². The molecule has 0 aliphatic carbocycles. The van der Waals surface area contributed by atoms with Gasteiger partial charge in [-0.05, 0) is 23.8 Å². The summed E-state index contributed by atoms with van der Waals surface area (Å²) in [6.07, 6.45) is 1.62. The topological polar surface area (TPSA) is 89.4 Å². The Balaban J connectivity index is 2.11. The largest absolute Gasteiger partial charge is 0.465 e. The van der Waals surface area contributed by atoms with Gasteiger partial charge in [-0.2, -0.15) is 0 Å². The number of ether oxygens (including phenoxy) is 1. The van der Waals surface area contributed by atoms with E-state index in [9.17, 15) is 9.59 Å². The van der Waals surface area contributed by atoms with Crippen LogP contribution < -0.4 is 11.0 Å². The minimum atomic E-state index is -0.665. The summed E-state index contributed by atoms with van der Waals surface area (Å²) in [6, 6.07) is 16.2. The summed E-state index contributed by atoms with van der Waals surface area (Å²) in [4.78, 5) is 29.7. The van der Waals surface area contributed by atoms with Gasteiger partial charge in [-0.1, -0.05) is 36.4 Å². The third-order valence-corrected chi connectivity index (χ3v) is 4.41. The van der Waals surface area contributed by atoms with Crippen LogP contribution in [0.4, 0.5) is 0 Å². The van der Waals surface area contributed by atoms with E-state index in [-0.39, 0.29) is 22.0 Å². The Morgan fingerprint density at radius 1 is 1.15 bits per heavy atom. The van der Waals surface area contributed by atoms with Crippen molar-refractivity contribution in [1.82, 2.24) is 14.0 Å². The second kappa shape index (κ2) is 6.53. The highest BCUT2D eigenvalue weighted by molar-refractivity contribution is 5.93. The number of benzene rings is 1. The van der Waals surface area contributed by atoms with Crippen LogP contribution in [0.3, 0.4) is 0 Å². The molecule has 3 aromatic heterocycles. The molecule has 1 aromatic carbocycles. The average Bonchev–Trinajstić information content (AvgIpc) is 2.70. The summed E-state index contributed by atoms with van der Waals surface area (Å²) in [5.74, 6) is -0.665. The molecule has 1 N–H and O–H groups in total. The summed E-state index contributed by atoms with van der Waals surface area (Å²) in [5.41, 5.74) is 1.42. The van der Waals surface area contributed by atoms with E-state index >= 15 is 0 Å². The summed E-state index contributed by atoms with van der Waals surface area (Å²) in [7, 11) is 1.25. The Morgan fingerprint density at radius 3 is 2.63 bits per heavy atom. The molecule has 4 rings (SSSR count). The van der Waals surface area contributed by atoms with Crippen molar-refractivity contribution in [2.75, 3.05) is 7.11 Å². The molecule has 7 nitrogen and oxygen atoms in total. The minimum Gasteiger partial charge on any atom is -0.465 e. The van der Waals surface area contributed by atoms with Crippen molar-refractivity contribution in [2.45, 2.75) is 6.54 Å². The van der Waals surface area contributed by atoms with Crippen LogP contribution >= 0.6 is 0 Å². The van der Waals surface area contributed by atoms with Crippen LogP contribution in [0.5, 0.6) is 0 Å². The van der Waals surface area contributed by atoms with Crippen molar-refractivity contribution in [3.05, 3.63) is 87.8 Å². The number of carbonyl (C=O) groups excluding carboxylic acids is 1. The van der Waals surface area contributed by atoms with Crippen LogP contribution in [0.1, 0.15) is 15.9 Å². The van der Waals surface area contributed by atoms with E-state index in [4.69, 9.17) is 10.1 Å². The number of aromatic nitrogens is 3. The molecule has 0 aliphatic rings. The average molecular weight is 360 g/mol. The third-order valence-electron chi connectivity index (χ3n) is 4.41. The molecule has 134 valence electrons. The fourth-order valence-electron chi connectivity index (χ4n) is 3.07. The first kappa shape index (κ1) is 16.7. The predicted octanol–water partition coefficient (Wildman–Crippen LogP) is 1.96. The highest BCUT2D eigenvalue weighted by Crippen LogP contribution is 2.12. The molecule has 0 saturated carbocycles. The van der Waals surface area contributed by atoms with Gasteiger partial charge in [0.2, 0.25) is 0 Å². The summed E-state index contributed by atoms with van der Waals surface area (Å²) in [5, 5.41) is 8.76. The van der Waals surface area contributed by atoms with Crippen molar-refractivity contribution < 1.29 is 9.53 Å². The monoisotopic (exact) mass is 360 g/mol. The van der Waals surface area contributed by atoms with Gasteiger partial charge in [0.25, 0.3) is 5.56 Å². The molecule has 3 heterocycles. The van der Waals surface area contributed by atoms with Crippen molar-refractivity contribution in [1.29, 1.82) is 5.41 Å². The lowest BCUT2D eigenvalue weighted by Gasteiger charge is -2.14. The standard InChI is InChI=1S/C20H16N4O3/c1-27-20(26)14-11-15-18(22-16-9-5-6-10-23(16)19(15)25)24(17(14)21)12-13-7-3-2-4-8-13/h2-11,21H,12H2,1H3. The van der Waals surface area contributed by atoms with Gasteiger partial charge in [0.1, 0.15) is 22.3 Å². The summed E-state index contributed by atoms with van der Waals surface area (Å²) >= 11 is 0. The van der Waals surface area contributed by atoms with Gasteiger partial charge in [-0.15, -0.1) is 0 Å². The molecule has 0 aliphatic heterocycles. The maximum atomic E-state index is 13.0. The smallest absolute Gasteiger partial charge is 0.341 e. The normalized spacial score (nSPS) is 11.0. The molecule has 7 heteroatoms. The Kier molecular flexibility index (Phi) is 4.04. The van der Waals surface area contributed by atoms with Crippen molar-refractivity contribution in [3.8, 4) is 0 Å². The molecule has 4 aromatic rings. The summed E-state index contributed by atoms with van der Waals surface area (Å²) < 4.78 is 7.77. The minimum absolute atomic E-state index is 0.0238. The van der Waals surface area contributed by atoms with Gasteiger partial charge < -0.3 is 9.30 Å². The molecule has 0 unspecified atom stereocenters. The number of hydrogen-bond acceptors (Lipinski definition) is 5. The first-order chi connectivity index (χ1) is 13.1. The van der Waals surface area contributed by atoms with Crippen LogP contribution in [0, 0.1) is 5.41 Å². The second-order valence-electron chi connectivity index (χ2n) is 6.05. The number of rotatable bonds is 3. The van der Waals surface area contributed by atoms with Crippen molar-refractivity contribution in [3.63, 3.8) is 0 Å². The van der Waals surface area contributed by atoms with Gasteiger partial charge in [0.15, 0.2) is 0 Å². The maximum absolute atomic E-state index is 13.0. The zero-order valence-corrected chi connectivity index (χ0v) is 14.5. The quantitative estimate of drug-likeness (QED) is 0.447. The van der Waals surface area contributed by atoms with E-state index in [0.29, 0.717) is 17.8 Å². The number of methoxy groups -OCH3 is 1. The fourth-order valence-corrected chi connectivity index (χ4v) is 3.07. The number of nitrogens with one attached hydrogen (secondary N) is 1. The molecule has 0 bridgehead atoms. The second-order valence-corrected chi connectivity index (χ2v) is 6.05. The first-order valence-electron chi connectivity index (χ1n) is 8.32. The third kappa shape index (κ3) is 2.79. The SMILES string of the molecule is COC(=O)c1cc2c(=O)n3ccccc3nc2n(Cc2ccccc2)c1=N. The van der Waals surface area contributed by atoms with Gasteiger partial charge in [0.05, 0.1) is 19.0 Å². The van der Waals surface area contributed by atoms with Crippen LogP contribution in [0.25, 0.3) is 16.7 Å². The van der Waals surface area contributed by atoms with E-state index in [1.807, 2.05) is 30.3 Å². The number of nitrogens with zero attached hydrogens (tertiary/aromatic N) is 3. The number of esters is 1. The number of carbonyl (C=O) groups is 1. The van der Waals surface area contributed by atoms with E-state index in [0.717, 1.165) is 5.56 Å². The highest BCUT2D eigenvalue weighted by atomic mass is 16.5. The number of pyridine rings is 2. The zero-order chi connectivity index (χ0) is 19.0. The Morgan fingerprint density at radius 2 is 1.89 bits per heavy atom. The molecular formula is C20H16N4O3. The molecule has 0 fully saturated rings. The molecule has 0 amide bonds. The lowest BCUT2D eigenvalue weighted by molar-refractivity contribution is 0.0597. The number of hydrogen-bond donors (Lipinski definition) is 1. The van der Waals surface area contributed by atoms with Gasteiger partial charge >= 0.3 is 5.97 Å². The Hall–Kier alpha value is -3.74. The lowest BCUT2D eigenvalue weighted by atomic mass is 10.1. The Bertz CT molecular complexity index is 1290. The lowest BCUT2D eigenvalue weighted by Crippen LogP contribution is -2.31. The molecule has 0 saturated heterocycles. The van der Waals surface area contributed by atoms with Crippen molar-refractivity contribution >= 4 is 22.6 Å². The highest BCUT2D eigenvalue weighted by Gasteiger charge is 2.17. The molecular weight excluding hydrogens is 344 g/mol. The van der Waals surface area contributed by atoms with Crippen LogP contribution in [-0.2, 0) is 11.3 Å². The van der Waals surface area contributed by atoms with Gasteiger partial charge in [-0.25, -0.2) is 9.78 Å². The zero-order valence-electron chi connectivity index (χ0n) is 14.5. The first-order valence-corrected chi connectivity index (χ1v) is 8.32. The number of fused-ring (bicyclic) bond motifs is 2. The van der Waals surface area contributed by atoms with Crippen LogP contribution in [0.15, 0.2) is 65.6 Å². The van der Waals surface area contributed by atoms with E-state index in [1.54, 1.807) is 29.0 Å². The molecule has 27 heavy (non-hydrogen) atoms. The molecule has 0 atom stereocenters. The van der Waals surface area contributed by atoms with Crippen molar-refractivity contribution in [2.24, 2.45) is 0 Å². The van der Waals surface area contributed by atoms with Gasteiger partial charge in [0, 0.05) is 6.20 Å². The summed E-state index contributed by atoms with van der Waals surface area (Å²) in [6.45, 7) is 0.302. The van der Waals surface area contributed by atoms with E-state index < -0.39 is 5.97 Å². The van der Waals surface area contributed by atoms with Gasteiger partial charge in [-0.3, -0.25) is 14.6 Å². The fraction of sp³-hybridized carbons (Fsp3) is 0.100. The maximum Gasteiger partial charge on any atom is 0.341 e. The van der Waals surface area contributed by atoms with E-state index in [1.165, 1.54) is 17.6 Å².